The lowest BCUT2D eigenvalue weighted by Gasteiger charge is -2.41. The van der Waals surface area contributed by atoms with Crippen molar-refractivity contribution in [3.05, 3.63) is 135 Å². The van der Waals surface area contributed by atoms with Crippen LogP contribution in [0.5, 0.6) is 0 Å². The van der Waals surface area contributed by atoms with Crippen LogP contribution in [-0.4, -0.2) is 17.0 Å². The topological polar surface area (TPSA) is 3.24 Å². The Morgan fingerprint density at radius 2 is 1.51 bits per heavy atom. The molecule has 0 spiro atoms. The van der Waals surface area contributed by atoms with E-state index in [1.807, 2.05) is 0 Å². The minimum atomic E-state index is 0.515. The first kappa shape index (κ1) is 25.6. The van der Waals surface area contributed by atoms with E-state index in [-0.39, 0.29) is 0 Å². The minimum Gasteiger partial charge on any atom is -0.364 e. The molecule has 1 aliphatic heterocycles. The van der Waals surface area contributed by atoms with E-state index < -0.39 is 0 Å². The largest absolute Gasteiger partial charge is 0.364 e. The SMILES string of the molecule is C1=CC2=C(CC1)N(C1C=CC(c3ccccc3)CC1)C1CCC(C3C=c4c5c(c6ccccc6c4=CC3)CCC=C5)=CC21. The van der Waals surface area contributed by atoms with Gasteiger partial charge in [-0.05, 0) is 101 Å². The zero-order valence-electron chi connectivity index (χ0n) is 25.1. The van der Waals surface area contributed by atoms with Crippen LogP contribution >= 0.6 is 0 Å². The Bertz CT molecular complexity index is 1880. The van der Waals surface area contributed by atoms with Crippen LogP contribution in [0.25, 0.3) is 29.0 Å². The fourth-order valence-electron chi connectivity index (χ4n) is 9.39. The van der Waals surface area contributed by atoms with Gasteiger partial charge in [-0.15, -0.1) is 0 Å². The normalized spacial score (nSPS) is 28.9. The molecule has 1 heteroatoms. The summed E-state index contributed by atoms with van der Waals surface area (Å²) in [6.07, 6.45) is 33.6. The summed E-state index contributed by atoms with van der Waals surface area (Å²) in [4.78, 5) is 2.90. The molecule has 1 nitrogen and oxygen atoms in total. The average Bonchev–Trinajstić information content (AvgIpc) is 3.42. The molecule has 3 aromatic rings. The Morgan fingerprint density at radius 1 is 0.674 bits per heavy atom. The van der Waals surface area contributed by atoms with Crippen LogP contribution in [0, 0.1) is 11.8 Å². The third kappa shape index (κ3) is 4.19. The highest BCUT2D eigenvalue weighted by Crippen LogP contribution is 2.49. The van der Waals surface area contributed by atoms with Crippen LogP contribution in [0.4, 0.5) is 0 Å². The van der Waals surface area contributed by atoms with Gasteiger partial charge in [0.15, 0.2) is 0 Å². The van der Waals surface area contributed by atoms with Crippen LogP contribution < -0.4 is 10.4 Å². The molecular formula is C42H41N. The smallest absolute Gasteiger partial charge is 0.0474 e. The molecular weight excluding hydrogens is 518 g/mol. The second-order valence-electron chi connectivity index (χ2n) is 13.6. The van der Waals surface area contributed by atoms with Crippen molar-refractivity contribution in [2.75, 3.05) is 0 Å². The van der Waals surface area contributed by atoms with Crippen molar-refractivity contribution in [2.24, 2.45) is 11.8 Å². The Morgan fingerprint density at radius 3 is 2.40 bits per heavy atom. The molecule has 0 amide bonds. The Balaban J connectivity index is 1.06. The van der Waals surface area contributed by atoms with E-state index in [2.05, 4.69) is 114 Å². The van der Waals surface area contributed by atoms with E-state index in [0.717, 1.165) is 19.3 Å². The summed E-state index contributed by atoms with van der Waals surface area (Å²) in [6.45, 7) is 0. The number of hydrogen-bond donors (Lipinski definition) is 0. The van der Waals surface area contributed by atoms with Crippen molar-refractivity contribution >= 4 is 29.0 Å². The van der Waals surface area contributed by atoms with Crippen molar-refractivity contribution < 1.29 is 0 Å². The van der Waals surface area contributed by atoms with E-state index >= 15 is 0 Å². The first-order chi connectivity index (χ1) is 21.3. The molecule has 0 bridgehead atoms. The van der Waals surface area contributed by atoms with Gasteiger partial charge in [0.2, 0.25) is 0 Å². The summed E-state index contributed by atoms with van der Waals surface area (Å²) in [5.41, 5.74) is 9.47. The van der Waals surface area contributed by atoms with Crippen molar-refractivity contribution in [2.45, 2.75) is 75.8 Å². The number of nitrogens with zero attached hydrogens (tertiary/aromatic N) is 1. The van der Waals surface area contributed by atoms with Gasteiger partial charge in [-0.25, -0.2) is 0 Å². The molecule has 1 heterocycles. The fraction of sp³-hybridized carbons (Fsp3) is 0.333. The van der Waals surface area contributed by atoms with Crippen LogP contribution in [0.1, 0.15) is 74.0 Å². The van der Waals surface area contributed by atoms with Crippen molar-refractivity contribution in [3.63, 3.8) is 0 Å². The zero-order valence-corrected chi connectivity index (χ0v) is 25.1. The van der Waals surface area contributed by atoms with Gasteiger partial charge in [0.25, 0.3) is 0 Å². The Kier molecular flexibility index (Phi) is 6.20. The molecule has 3 aromatic carbocycles. The lowest BCUT2D eigenvalue weighted by molar-refractivity contribution is 0.180. The third-order valence-corrected chi connectivity index (χ3v) is 11.4. The number of fused-ring (bicyclic) bond motifs is 8. The highest BCUT2D eigenvalue weighted by atomic mass is 15.2. The first-order valence-corrected chi connectivity index (χ1v) is 16.9. The summed E-state index contributed by atoms with van der Waals surface area (Å²) >= 11 is 0. The molecule has 5 atom stereocenters. The number of rotatable bonds is 3. The molecule has 43 heavy (non-hydrogen) atoms. The third-order valence-electron chi connectivity index (χ3n) is 11.4. The molecule has 0 saturated heterocycles. The molecule has 0 aromatic heterocycles. The predicted octanol–water partition coefficient (Wildman–Crippen LogP) is 8.51. The van der Waals surface area contributed by atoms with Gasteiger partial charge in [-0.2, -0.15) is 0 Å². The molecule has 6 aliphatic rings. The molecule has 0 saturated carbocycles. The highest BCUT2D eigenvalue weighted by Gasteiger charge is 2.44. The monoisotopic (exact) mass is 559 g/mol. The molecule has 0 N–H and O–H groups in total. The lowest BCUT2D eigenvalue weighted by Crippen LogP contribution is -2.43. The second-order valence-corrected chi connectivity index (χ2v) is 13.6. The van der Waals surface area contributed by atoms with Crippen molar-refractivity contribution in [1.82, 2.24) is 4.90 Å². The maximum Gasteiger partial charge on any atom is 0.0474 e. The highest BCUT2D eigenvalue weighted by molar-refractivity contribution is 5.91. The van der Waals surface area contributed by atoms with Gasteiger partial charge in [-0.1, -0.05) is 115 Å². The van der Waals surface area contributed by atoms with Crippen molar-refractivity contribution in [1.29, 1.82) is 0 Å². The lowest BCUT2D eigenvalue weighted by atomic mass is 9.76. The van der Waals surface area contributed by atoms with Gasteiger partial charge < -0.3 is 4.90 Å². The standard InChI is InChI=1S/C42H41N/c1-2-10-28(11-3-1)29-18-22-32(23-19-29)43-41-17-9-8-16-38(41)40-27-31(21-25-42(40)43)30-20-24-37-35-14-5-4-12-33(35)34-13-6-7-15-36(34)39(37)26-30/h1-5,7-8,10-12,14-16,18,22,24,26-27,29-30,32,40,42H,6,9,13,17,19-21,23,25H2. The van der Waals surface area contributed by atoms with Gasteiger partial charge in [0.1, 0.15) is 0 Å². The van der Waals surface area contributed by atoms with E-state index in [1.165, 1.54) is 70.9 Å². The summed E-state index contributed by atoms with van der Waals surface area (Å²) < 4.78 is 0. The zero-order chi connectivity index (χ0) is 28.3. The number of allylic oxidation sites excluding steroid dienone is 6. The first-order valence-electron chi connectivity index (χ1n) is 16.9. The molecule has 9 rings (SSSR count). The molecule has 214 valence electrons. The molecule has 0 radical (unpaired) electrons. The Labute approximate surface area is 256 Å². The predicted molar refractivity (Wildman–Crippen MR) is 181 cm³/mol. The van der Waals surface area contributed by atoms with Gasteiger partial charge >= 0.3 is 0 Å². The Hall–Kier alpha value is -3.84. The maximum atomic E-state index is 2.90. The van der Waals surface area contributed by atoms with Gasteiger partial charge in [0.05, 0.1) is 0 Å². The van der Waals surface area contributed by atoms with E-state index in [4.69, 9.17) is 0 Å². The second kappa shape index (κ2) is 10.4. The van der Waals surface area contributed by atoms with Crippen molar-refractivity contribution in [3.8, 4) is 0 Å². The maximum absolute atomic E-state index is 2.90. The molecule has 5 aliphatic carbocycles. The number of aryl methyl sites for hydroxylation is 1. The van der Waals surface area contributed by atoms with Gasteiger partial charge in [-0.3, -0.25) is 0 Å². The summed E-state index contributed by atoms with van der Waals surface area (Å²) in [7, 11) is 0. The summed E-state index contributed by atoms with van der Waals surface area (Å²) in [5.74, 6) is 1.61. The summed E-state index contributed by atoms with van der Waals surface area (Å²) in [5, 5.41) is 5.87. The van der Waals surface area contributed by atoms with E-state index in [0.29, 0.717) is 29.8 Å². The van der Waals surface area contributed by atoms with Crippen LogP contribution in [0.3, 0.4) is 0 Å². The number of benzene rings is 3. The quantitative estimate of drug-likeness (QED) is 0.291. The molecule has 5 unspecified atom stereocenters. The minimum absolute atomic E-state index is 0.515. The average molecular weight is 560 g/mol. The van der Waals surface area contributed by atoms with Crippen LogP contribution in [0.15, 0.2) is 108 Å². The number of hydrogen-bond acceptors (Lipinski definition) is 1. The fourth-order valence-corrected chi connectivity index (χ4v) is 9.39. The van der Waals surface area contributed by atoms with Gasteiger partial charge in [0, 0.05) is 35.5 Å². The summed E-state index contributed by atoms with van der Waals surface area (Å²) in [6, 6.07) is 21.4. The van der Waals surface area contributed by atoms with Crippen LogP contribution in [0.2, 0.25) is 0 Å². The molecule has 0 fully saturated rings. The van der Waals surface area contributed by atoms with Crippen LogP contribution in [-0.2, 0) is 6.42 Å². The van der Waals surface area contributed by atoms with E-state index in [1.54, 1.807) is 22.4 Å². The van der Waals surface area contributed by atoms with E-state index in [9.17, 15) is 0 Å².